The maximum absolute atomic E-state index is 13.3. The summed E-state index contributed by atoms with van der Waals surface area (Å²) in [6.07, 6.45) is 2.86. The molecule has 1 heterocycles. The molecule has 126 valence electrons. The first-order chi connectivity index (χ1) is 11.7. The standard InChI is InChI=1S/C19H22N2O2S/c22-24(23,21(17-9-10-17)18-11-12-20-14-18)19-8-4-7-16(13-19)15-5-2-1-3-6-15/h1-8,13,17-18,20H,9-12,14H2. The van der Waals surface area contributed by atoms with Crippen molar-refractivity contribution >= 4 is 10.0 Å². The topological polar surface area (TPSA) is 49.4 Å². The monoisotopic (exact) mass is 342 g/mol. The molecule has 1 unspecified atom stereocenters. The van der Waals surface area contributed by atoms with Crippen molar-refractivity contribution in [3.05, 3.63) is 54.6 Å². The Bertz CT molecular complexity index is 810. The Hall–Kier alpha value is -1.69. The molecule has 2 fully saturated rings. The fourth-order valence-electron chi connectivity index (χ4n) is 3.46. The van der Waals surface area contributed by atoms with Gasteiger partial charge in [0.2, 0.25) is 10.0 Å². The van der Waals surface area contributed by atoms with Crippen molar-refractivity contribution in [2.24, 2.45) is 0 Å². The smallest absolute Gasteiger partial charge is 0.243 e. The molecule has 2 aromatic rings. The molecule has 1 saturated carbocycles. The first kappa shape index (κ1) is 15.8. The Morgan fingerprint density at radius 1 is 0.875 bits per heavy atom. The molecule has 1 aliphatic heterocycles. The van der Waals surface area contributed by atoms with Gasteiger partial charge >= 0.3 is 0 Å². The highest BCUT2D eigenvalue weighted by Gasteiger charge is 2.43. The summed E-state index contributed by atoms with van der Waals surface area (Å²) in [6.45, 7) is 1.65. The molecular formula is C19H22N2O2S. The van der Waals surface area contributed by atoms with E-state index in [-0.39, 0.29) is 12.1 Å². The summed E-state index contributed by atoms with van der Waals surface area (Å²) < 4.78 is 28.3. The molecular weight excluding hydrogens is 320 g/mol. The van der Waals surface area contributed by atoms with E-state index in [0.717, 1.165) is 43.5 Å². The lowest BCUT2D eigenvalue weighted by Gasteiger charge is -2.27. The van der Waals surface area contributed by atoms with Crippen LogP contribution in [0.4, 0.5) is 0 Å². The predicted octanol–water partition coefficient (Wildman–Crippen LogP) is 2.87. The van der Waals surface area contributed by atoms with E-state index in [1.54, 1.807) is 10.4 Å². The van der Waals surface area contributed by atoms with Crippen molar-refractivity contribution in [3.63, 3.8) is 0 Å². The molecule has 4 rings (SSSR count). The second-order valence-corrected chi connectivity index (χ2v) is 8.45. The number of nitrogens with one attached hydrogen (secondary N) is 1. The quantitative estimate of drug-likeness (QED) is 0.909. The van der Waals surface area contributed by atoms with Crippen LogP contribution in [0, 0.1) is 0 Å². The SMILES string of the molecule is O=S(=O)(c1cccc(-c2ccccc2)c1)N(C1CC1)C1CCNC1. The molecule has 0 spiro atoms. The lowest BCUT2D eigenvalue weighted by Crippen LogP contribution is -2.43. The van der Waals surface area contributed by atoms with Crippen LogP contribution in [-0.4, -0.2) is 37.9 Å². The third-order valence-electron chi connectivity index (χ3n) is 4.82. The van der Waals surface area contributed by atoms with Crippen molar-refractivity contribution in [1.82, 2.24) is 9.62 Å². The van der Waals surface area contributed by atoms with Gasteiger partial charge in [-0.25, -0.2) is 8.42 Å². The minimum atomic E-state index is -3.46. The average Bonchev–Trinajstić information content (AvgIpc) is 3.29. The van der Waals surface area contributed by atoms with E-state index >= 15 is 0 Å². The second-order valence-electron chi connectivity index (χ2n) is 6.61. The molecule has 0 amide bonds. The highest BCUT2D eigenvalue weighted by atomic mass is 32.2. The minimum Gasteiger partial charge on any atom is -0.315 e. The molecule has 0 bridgehead atoms. The molecule has 1 aliphatic carbocycles. The molecule has 1 N–H and O–H groups in total. The Labute approximate surface area is 143 Å². The first-order valence-electron chi connectivity index (χ1n) is 8.56. The van der Waals surface area contributed by atoms with E-state index in [1.807, 2.05) is 48.5 Å². The number of rotatable bonds is 5. The predicted molar refractivity (Wildman–Crippen MR) is 95.2 cm³/mol. The summed E-state index contributed by atoms with van der Waals surface area (Å²) in [5, 5.41) is 3.29. The van der Waals surface area contributed by atoms with Crippen LogP contribution in [0.2, 0.25) is 0 Å². The maximum atomic E-state index is 13.3. The summed E-state index contributed by atoms with van der Waals surface area (Å²) in [4.78, 5) is 0.405. The molecule has 2 aliphatic rings. The zero-order valence-corrected chi connectivity index (χ0v) is 14.4. The van der Waals surface area contributed by atoms with E-state index in [9.17, 15) is 8.42 Å². The van der Waals surface area contributed by atoms with Crippen LogP contribution >= 0.6 is 0 Å². The third-order valence-corrected chi connectivity index (χ3v) is 6.82. The van der Waals surface area contributed by atoms with Gasteiger partial charge in [-0.1, -0.05) is 42.5 Å². The van der Waals surface area contributed by atoms with Gasteiger partial charge in [0, 0.05) is 18.6 Å². The summed E-state index contributed by atoms with van der Waals surface area (Å²) in [6, 6.07) is 17.5. The Morgan fingerprint density at radius 2 is 1.62 bits per heavy atom. The van der Waals surface area contributed by atoms with Crippen LogP contribution in [0.15, 0.2) is 59.5 Å². The fourth-order valence-corrected chi connectivity index (χ4v) is 5.41. The fraction of sp³-hybridized carbons (Fsp3) is 0.368. The highest BCUT2D eigenvalue weighted by Crippen LogP contribution is 2.36. The Kier molecular flexibility index (Phi) is 4.16. The number of hydrogen-bond acceptors (Lipinski definition) is 3. The Morgan fingerprint density at radius 3 is 2.29 bits per heavy atom. The zero-order chi connectivity index (χ0) is 16.6. The molecule has 0 radical (unpaired) electrons. The van der Waals surface area contributed by atoms with Crippen LogP contribution in [0.25, 0.3) is 11.1 Å². The van der Waals surface area contributed by atoms with Gasteiger partial charge < -0.3 is 5.32 Å². The summed E-state index contributed by atoms with van der Waals surface area (Å²) >= 11 is 0. The molecule has 1 atom stereocenters. The maximum Gasteiger partial charge on any atom is 0.243 e. The van der Waals surface area contributed by atoms with Gasteiger partial charge in [0.25, 0.3) is 0 Å². The van der Waals surface area contributed by atoms with Crippen molar-refractivity contribution in [2.45, 2.75) is 36.2 Å². The van der Waals surface area contributed by atoms with Gasteiger partial charge in [-0.3, -0.25) is 0 Å². The summed E-state index contributed by atoms with van der Waals surface area (Å²) in [5.41, 5.74) is 1.98. The van der Waals surface area contributed by atoms with E-state index < -0.39 is 10.0 Å². The lowest BCUT2D eigenvalue weighted by atomic mass is 10.1. The van der Waals surface area contributed by atoms with E-state index in [1.165, 1.54) is 0 Å². The molecule has 0 aromatic heterocycles. The van der Waals surface area contributed by atoms with Gasteiger partial charge in [-0.15, -0.1) is 0 Å². The molecule has 5 heteroatoms. The van der Waals surface area contributed by atoms with Crippen LogP contribution in [-0.2, 0) is 10.0 Å². The van der Waals surface area contributed by atoms with E-state index in [0.29, 0.717) is 4.90 Å². The van der Waals surface area contributed by atoms with Crippen LogP contribution in [0.1, 0.15) is 19.3 Å². The van der Waals surface area contributed by atoms with Gasteiger partial charge in [0.15, 0.2) is 0 Å². The number of nitrogens with zero attached hydrogens (tertiary/aromatic N) is 1. The van der Waals surface area contributed by atoms with Crippen LogP contribution in [0.5, 0.6) is 0 Å². The summed E-state index contributed by atoms with van der Waals surface area (Å²) in [7, 11) is -3.46. The zero-order valence-electron chi connectivity index (χ0n) is 13.6. The lowest BCUT2D eigenvalue weighted by molar-refractivity contribution is 0.327. The van der Waals surface area contributed by atoms with E-state index in [4.69, 9.17) is 0 Å². The van der Waals surface area contributed by atoms with Gasteiger partial charge in [0.1, 0.15) is 0 Å². The number of sulfonamides is 1. The minimum absolute atomic E-state index is 0.0860. The highest BCUT2D eigenvalue weighted by molar-refractivity contribution is 7.89. The first-order valence-corrected chi connectivity index (χ1v) is 10.00. The Balaban J connectivity index is 1.71. The average molecular weight is 342 g/mol. The van der Waals surface area contributed by atoms with Crippen molar-refractivity contribution in [1.29, 1.82) is 0 Å². The van der Waals surface area contributed by atoms with Crippen molar-refractivity contribution in [2.75, 3.05) is 13.1 Å². The molecule has 24 heavy (non-hydrogen) atoms. The number of benzene rings is 2. The van der Waals surface area contributed by atoms with Crippen LogP contribution < -0.4 is 5.32 Å². The van der Waals surface area contributed by atoms with E-state index in [2.05, 4.69) is 5.32 Å². The molecule has 4 nitrogen and oxygen atoms in total. The largest absolute Gasteiger partial charge is 0.315 e. The van der Waals surface area contributed by atoms with Gasteiger partial charge in [-0.2, -0.15) is 4.31 Å². The molecule has 1 saturated heterocycles. The normalized spacial score (nSPS) is 21.3. The van der Waals surface area contributed by atoms with Crippen molar-refractivity contribution in [3.8, 4) is 11.1 Å². The second kappa shape index (κ2) is 6.31. The van der Waals surface area contributed by atoms with Crippen molar-refractivity contribution < 1.29 is 8.42 Å². The summed E-state index contributed by atoms with van der Waals surface area (Å²) in [5.74, 6) is 0. The van der Waals surface area contributed by atoms with Gasteiger partial charge in [0.05, 0.1) is 4.90 Å². The third kappa shape index (κ3) is 2.99. The van der Waals surface area contributed by atoms with Gasteiger partial charge in [-0.05, 0) is 49.1 Å². The number of hydrogen-bond donors (Lipinski definition) is 1. The molecule has 2 aromatic carbocycles. The van der Waals surface area contributed by atoms with Crippen LogP contribution in [0.3, 0.4) is 0 Å².